The molecule has 1 heteroatoms. The molecule has 0 saturated heterocycles. The van der Waals surface area contributed by atoms with Crippen molar-refractivity contribution in [3.63, 3.8) is 0 Å². The van der Waals surface area contributed by atoms with Crippen molar-refractivity contribution in [3.8, 4) is 28.0 Å². The van der Waals surface area contributed by atoms with Gasteiger partial charge in [-0.3, -0.25) is 0 Å². The lowest BCUT2D eigenvalue weighted by molar-refractivity contribution is 0.281. The van der Waals surface area contributed by atoms with E-state index in [9.17, 15) is 0 Å². The molecule has 0 bridgehead atoms. The van der Waals surface area contributed by atoms with Gasteiger partial charge >= 0.3 is 0 Å². The highest BCUT2D eigenvalue weighted by molar-refractivity contribution is 5.86. The first-order valence-electron chi connectivity index (χ1n) is 20.9. The fourth-order valence-corrected chi connectivity index (χ4v) is 11.2. The van der Waals surface area contributed by atoms with Crippen LogP contribution >= 0.6 is 0 Å². The van der Waals surface area contributed by atoms with Gasteiger partial charge in [0.2, 0.25) is 0 Å². The van der Waals surface area contributed by atoms with Crippen LogP contribution in [0.4, 0.5) is 0 Å². The van der Waals surface area contributed by atoms with E-state index in [1.54, 1.807) is 0 Å². The van der Waals surface area contributed by atoms with Gasteiger partial charge in [0.15, 0.2) is 0 Å². The molecule has 1 heterocycles. The summed E-state index contributed by atoms with van der Waals surface area (Å²) >= 11 is 0. The molecule has 1 aliphatic heterocycles. The highest BCUT2D eigenvalue weighted by Gasteiger charge is 2.41. The van der Waals surface area contributed by atoms with Crippen LogP contribution in [0.3, 0.4) is 0 Å². The highest BCUT2D eigenvalue weighted by Crippen LogP contribution is 2.53. The number of fused-ring (bicyclic) bond motifs is 11. The van der Waals surface area contributed by atoms with E-state index in [-0.39, 0.29) is 28.8 Å². The summed E-state index contributed by atoms with van der Waals surface area (Å²) in [6.45, 7) is 9.49. The third-order valence-corrected chi connectivity index (χ3v) is 14.1. The monoisotopic (exact) mass is 744 g/mol. The van der Waals surface area contributed by atoms with Crippen molar-refractivity contribution in [2.75, 3.05) is 0 Å². The first-order valence-corrected chi connectivity index (χ1v) is 20.9. The van der Waals surface area contributed by atoms with E-state index >= 15 is 0 Å². The Morgan fingerprint density at radius 2 is 1.03 bits per heavy atom. The van der Waals surface area contributed by atoms with Crippen LogP contribution in [0, 0.1) is 0 Å². The van der Waals surface area contributed by atoms with E-state index in [2.05, 4.69) is 204 Å². The van der Waals surface area contributed by atoms with Crippen LogP contribution in [-0.2, 0) is 10.8 Å². The van der Waals surface area contributed by atoms with Crippen LogP contribution in [0.5, 0.6) is 5.75 Å². The fraction of sp³-hybridized carbons (Fsp3) is 0.158. The fourth-order valence-electron chi connectivity index (χ4n) is 11.2. The van der Waals surface area contributed by atoms with Crippen molar-refractivity contribution in [2.45, 2.75) is 56.5 Å². The van der Waals surface area contributed by atoms with Gasteiger partial charge in [-0.15, -0.1) is 0 Å². The average Bonchev–Trinajstić information content (AvgIpc) is 3.81. The average molecular weight is 745 g/mol. The number of ether oxygens (including phenoxy) is 1. The zero-order valence-corrected chi connectivity index (χ0v) is 33.4. The lowest BCUT2D eigenvalue weighted by atomic mass is 9.78. The normalized spacial score (nSPS) is 18.8. The van der Waals surface area contributed by atoms with Crippen LogP contribution in [0.2, 0.25) is 0 Å². The predicted octanol–water partition coefficient (Wildman–Crippen LogP) is 12.2. The summed E-state index contributed by atoms with van der Waals surface area (Å²) in [5, 5.41) is 5.06. The molecule has 278 valence electrons. The van der Waals surface area contributed by atoms with Crippen molar-refractivity contribution >= 4 is 22.4 Å². The lowest BCUT2D eigenvalue weighted by Gasteiger charge is -2.26. The molecule has 3 unspecified atom stereocenters. The molecule has 3 atom stereocenters. The van der Waals surface area contributed by atoms with Crippen LogP contribution in [0.15, 0.2) is 170 Å². The van der Waals surface area contributed by atoms with Gasteiger partial charge in [0, 0.05) is 33.8 Å². The first-order chi connectivity index (χ1) is 28.3. The zero-order chi connectivity index (χ0) is 38.9. The summed E-state index contributed by atoms with van der Waals surface area (Å²) in [4.78, 5) is 0. The van der Waals surface area contributed by atoms with Gasteiger partial charge in [0.25, 0.3) is 0 Å². The molecule has 12 rings (SSSR count). The summed E-state index contributed by atoms with van der Waals surface area (Å²) < 4.78 is 7.28. The van der Waals surface area contributed by atoms with E-state index in [0.717, 1.165) is 5.75 Å². The number of hydrogen-bond acceptors (Lipinski definition) is 1. The van der Waals surface area contributed by atoms with Crippen molar-refractivity contribution in [3.05, 3.63) is 230 Å². The van der Waals surface area contributed by atoms with Crippen LogP contribution in [0.1, 0.15) is 89.6 Å². The summed E-state index contributed by atoms with van der Waals surface area (Å²) in [5.74, 6) is 1.13. The second kappa shape index (κ2) is 12.0. The molecule has 8 aromatic carbocycles. The molecule has 0 saturated carbocycles. The Bertz CT molecular complexity index is 3180. The smallest absolute Gasteiger partial charge is 0.135 e. The molecule has 0 spiro atoms. The summed E-state index contributed by atoms with van der Waals surface area (Å²) in [7, 11) is 0. The summed E-state index contributed by atoms with van der Waals surface area (Å²) in [6, 6.07) is 63.9. The maximum Gasteiger partial charge on any atom is 0.135 e. The zero-order valence-electron chi connectivity index (χ0n) is 33.4. The van der Waals surface area contributed by atoms with Gasteiger partial charge < -0.3 is 4.74 Å². The van der Waals surface area contributed by atoms with Crippen molar-refractivity contribution in [1.82, 2.24) is 0 Å². The Labute approximate surface area is 340 Å². The van der Waals surface area contributed by atoms with E-state index in [1.807, 2.05) is 0 Å². The number of rotatable bonds is 4. The summed E-state index contributed by atoms with van der Waals surface area (Å²) in [5.41, 5.74) is 18.4. The third-order valence-electron chi connectivity index (χ3n) is 14.1. The topological polar surface area (TPSA) is 9.23 Å². The largest absolute Gasteiger partial charge is 0.484 e. The van der Waals surface area contributed by atoms with Gasteiger partial charge in [-0.1, -0.05) is 191 Å². The molecule has 1 nitrogen and oxygen atoms in total. The Kier molecular flexibility index (Phi) is 6.99. The quantitative estimate of drug-likeness (QED) is 0.163. The van der Waals surface area contributed by atoms with Crippen LogP contribution in [0.25, 0.3) is 44.7 Å². The first kappa shape index (κ1) is 33.7. The Morgan fingerprint density at radius 1 is 0.466 bits per heavy atom. The second-order valence-electron chi connectivity index (χ2n) is 18.0. The molecule has 3 aliphatic carbocycles. The molecule has 0 aromatic heterocycles. The maximum atomic E-state index is 7.28. The maximum absolute atomic E-state index is 7.28. The van der Waals surface area contributed by atoms with Crippen molar-refractivity contribution < 1.29 is 4.74 Å². The molecule has 0 N–H and O–H groups in total. The minimum absolute atomic E-state index is 0.0242. The van der Waals surface area contributed by atoms with Gasteiger partial charge in [0.1, 0.15) is 11.9 Å². The van der Waals surface area contributed by atoms with E-state index in [4.69, 9.17) is 4.74 Å². The molecule has 0 amide bonds. The van der Waals surface area contributed by atoms with Gasteiger partial charge in [-0.05, 0) is 100 Å². The standard InChI is InChI=1S/C57H44O/c1-56(2)48-19-11-9-17-42(48)44-26-23-38(31-50(44)56)53(37-22-21-34-13-5-6-14-35(34)29-37)40-25-28-46-47-30-36-15-7-8-16-41(36)54(55(47)58-52(46)33-40)39-24-27-45-43-18-10-12-20-49(43)57(3,4)51(45)32-39/h5-33,47,53,55H,1-4H3. The van der Waals surface area contributed by atoms with E-state index in [0.29, 0.717) is 0 Å². The third kappa shape index (κ3) is 4.71. The lowest BCUT2D eigenvalue weighted by Crippen LogP contribution is -2.39. The van der Waals surface area contributed by atoms with Gasteiger partial charge in [-0.2, -0.15) is 0 Å². The number of hydrogen-bond donors (Lipinski definition) is 0. The SMILES string of the molecule is CC1(C)c2ccccc2-c2ccc(C3=c4ccccc4=CC4c5ccc(C(c6ccc7c(c6)C(C)(C)c6ccccc6-7)c6ccc7ccccc7c6)cc5OC34)cc21. The van der Waals surface area contributed by atoms with E-state index < -0.39 is 0 Å². The van der Waals surface area contributed by atoms with Crippen LogP contribution in [-0.4, -0.2) is 6.10 Å². The molecular weight excluding hydrogens is 701 g/mol. The Balaban J connectivity index is 0.993. The number of benzene rings is 8. The van der Waals surface area contributed by atoms with Gasteiger partial charge in [0.05, 0.1) is 0 Å². The Morgan fingerprint density at radius 3 is 1.81 bits per heavy atom. The predicted molar refractivity (Wildman–Crippen MR) is 239 cm³/mol. The molecule has 0 fully saturated rings. The molecule has 8 aromatic rings. The van der Waals surface area contributed by atoms with Crippen LogP contribution < -0.4 is 15.2 Å². The van der Waals surface area contributed by atoms with Gasteiger partial charge in [-0.25, -0.2) is 0 Å². The minimum Gasteiger partial charge on any atom is -0.484 e. The highest BCUT2D eigenvalue weighted by atomic mass is 16.5. The molecular formula is C57H44O. The molecule has 0 radical (unpaired) electrons. The second-order valence-corrected chi connectivity index (χ2v) is 18.0. The van der Waals surface area contributed by atoms with E-state index in [1.165, 1.54) is 99.1 Å². The molecule has 58 heavy (non-hydrogen) atoms. The van der Waals surface area contributed by atoms with Crippen molar-refractivity contribution in [1.29, 1.82) is 0 Å². The van der Waals surface area contributed by atoms with Crippen molar-refractivity contribution in [2.24, 2.45) is 0 Å². The summed E-state index contributed by atoms with van der Waals surface area (Å²) in [6.07, 6.45) is 2.33. The minimum atomic E-state index is -0.122. The molecule has 4 aliphatic rings. The Hall–Kier alpha value is -6.44.